The summed E-state index contributed by atoms with van der Waals surface area (Å²) in [5.41, 5.74) is 5.02. The van der Waals surface area contributed by atoms with Crippen molar-refractivity contribution in [3.8, 4) is 0 Å². The Kier molecular flexibility index (Phi) is 2.06. The van der Waals surface area contributed by atoms with Crippen molar-refractivity contribution in [1.29, 1.82) is 0 Å². The van der Waals surface area contributed by atoms with Crippen LogP contribution in [0.15, 0.2) is 11.4 Å². The molecule has 1 rings (SSSR count). The minimum atomic E-state index is -0.676. The van der Waals surface area contributed by atoms with Crippen molar-refractivity contribution in [2.45, 2.75) is 0 Å². The van der Waals surface area contributed by atoms with Gasteiger partial charge in [-0.2, -0.15) is 10.2 Å². The molecule has 0 saturated carbocycles. The molecule has 0 radical (unpaired) electrons. The van der Waals surface area contributed by atoms with E-state index in [1.54, 1.807) is 0 Å². The standard InChI is InChI=1S/C5H8N6O/c1-8-11(7)5-3(4(6)12)9-2-10-5/h2H,1,7H2,(H2,6,12)(H,9,10). The van der Waals surface area contributed by atoms with E-state index < -0.39 is 5.91 Å². The zero-order valence-electron chi connectivity index (χ0n) is 6.19. The number of hydrogen-bond donors (Lipinski definition) is 3. The zero-order valence-corrected chi connectivity index (χ0v) is 6.19. The van der Waals surface area contributed by atoms with Crippen LogP contribution in [0, 0.1) is 0 Å². The van der Waals surface area contributed by atoms with Crippen LogP contribution < -0.4 is 16.7 Å². The van der Waals surface area contributed by atoms with Crippen molar-refractivity contribution in [3.05, 3.63) is 12.0 Å². The van der Waals surface area contributed by atoms with Gasteiger partial charge >= 0.3 is 0 Å². The normalized spacial score (nSPS) is 9.42. The van der Waals surface area contributed by atoms with Crippen LogP contribution in [0.3, 0.4) is 0 Å². The minimum Gasteiger partial charge on any atom is -0.364 e. The summed E-state index contributed by atoms with van der Waals surface area (Å²) in [6.07, 6.45) is 1.29. The van der Waals surface area contributed by atoms with Crippen LogP contribution >= 0.6 is 0 Å². The maximum atomic E-state index is 10.7. The SMILES string of the molecule is C=NN(N)c1[nH]cnc1C(N)=O. The van der Waals surface area contributed by atoms with E-state index in [1.165, 1.54) is 6.33 Å². The van der Waals surface area contributed by atoms with Gasteiger partial charge in [-0.1, -0.05) is 0 Å². The topological polar surface area (TPSA) is 113 Å². The van der Waals surface area contributed by atoms with Crippen LogP contribution in [0.2, 0.25) is 0 Å². The van der Waals surface area contributed by atoms with E-state index in [1.807, 2.05) is 0 Å². The molecule has 0 aliphatic heterocycles. The number of rotatable bonds is 3. The Balaban J connectivity index is 3.06. The predicted octanol–water partition coefficient (Wildman–Crippen LogP) is -1.20. The molecular weight excluding hydrogens is 160 g/mol. The van der Waals surface area contributed by atoms with Crippen LogP contribution in [0.4, 0.5) is 5.82 Å². The molecular formula is C5H8N6O. The van der Waals surface area contributed by atoms with Gasteiger partial charge in [0.1, 0.15) is 0 Å². The molecule has 64 valence electrons. The molecule has 1 amide bonds. The van der Waals surface area contributed by atoms with E-state index in [9.17, 15) is 4.79 Å². The second kappa shape index (κ2) is 3.01. The zero-order chi connectivity index (χ0) is 9.14. The van der Waals surface area contributed by atoms with Gasteiger partial charge in [-0.3, -0.25) is 4.79 Å². The number of nitrogens with one attached hydrogen (secondary N) is 1. The number of carbonyl (C=O) groups is 1. The molecule has 1 heterocycles. The summed E-state index contributed by atoms with van der Waals surface area (Å²) < 4.78 is 0. The summed E-state index contributed by atoms with van der Waals surface area (Å²) in [5.74, 6) is 4.85. The molecule has 0 aromatic carbocycles. The van der Waals surface area contributed by atoms with Gasteiger partial charge in [-0.15, -0.1) is 0 Å². The third-order valence-electron chi connectivity index (χ3n) is 1.23. The van der Waals surface area contributed by atoms with Crippen LogP contribution in [-0.2, 0) is 0 Å². The first kappa shape index (κ1) is 8.21. The van der Waals surface area contributed by atoms with E-state index >= 15 is 0 Å². The number of primary amides is 1. The first-order valence-electron chi connectivity index (χ1n) is 3.01. The lowest BCUT2D eigenvalue weighted by molar-refractivity contribution is 0.0996. The van der Waals surface area contributed by atoms with E-state index in [0.717, 1.165) is 5.12 Å². The Morgan fingerprint density at radius 1 is 1.83 bits per heavy atom. The van der Waals surface area contributed by atoms with Crippen molar-refractivity contribution in [2.24, 2.45) is 16.7 Å². The van der Waals surface area contributed by atoms with E-state index in [-0.39, 0.29) is 11.5 Å². The van der Waals surface area contributed by atoms with Gasteiger partial charge in [0.25, 0.3) is 5.91 Å². The molecule has 0 atom stereocenters. The van der Waals surface area contributed by atoms with Crippen molar-refractivity contribution in [2.75, 3.05) is 5.12 Å². The first-order valence-corrected chi connectivity index (χ1v) is 3.01. The lowest BCUT2D eigenvalue weighted by Gasteiger charge is -2.08. The van der Waals surface area contributed by atoms with Crippen molar-refractivity contribution in [3.63, 3.8) is 0 Å². The third-order valence-corrected chi connectivity index (χ3v) is 1.23. The summed E-state index contributed by atoms with van der Waals surface area (Å²) >= 11 is 0. The number of hydrogen-bond acceptors (Lipinski definition) is 5. The van der Waals surface area contributed by atoms with Gasteiger partial charge in [-0.05, 0) is 0 Å². The van der Waals surface area contributed by atoms with Gasteiger partial charge in [0.2, 0.25) is 0 Å². The second-order valence-electron chi connectivity index (χ2n) is 1.95. The summed E-state index contributed by atoms with van der Waals surface area (Å²) in [6.45, 7) is 3.17. The number of aromatic amines is 1. The quantitative estimate of drug-likeness (QED) is 0.299. The number of hydrazine groups is 1. The van der Waals surface area contributed by atoms with Crippen LogP contribution in [-0.4, -0.2) is 22.6 Å². The molecule has 0 spiro atoms. The highest BCUT2D eigenvalue weighted by Crippen LogP contribution is 2.11. The highest BCUT2D eigenvalue weighted by Gasteiger charge is 2.14. The van der Waals surface area contributed by atoms with E-state index in [0.29, 0.717) is 0 Å². The number of aromatic nitrogens is 2. The molecule has 0 aliphatic carbocycles. The average Bonchev–Trinajstić information content (AvgIpc) is 2.50. The fourth-order valence-corrected chi connectivity index (χ4v) is 0.713. The largest absolute Gasteiger partial charge is 0.364 e. The van der Waals surface area contributed by atoms with Crippen molar-refractivity contribution < 1.29 is 4.79 Å². The molecule has 1 aromatic heterocycles. The highest BCUT2D eigenvalue weighted by atomic mass is 16.1. The van der Waals surface area contributed by atoms with Crippen LogP contribution in [0.5, 0.6) is 0 Å². The summed E-state index contributed by atoms with van der Waals surface area (Å²) in [7, 11) is 0. The smallest absolute Gasteiger partial charge is 0.271 e. The Morgan fingerprint density at radius 3 is 3.00 bits per heavy atom. The van der Waals surface area contributed by atoms with E-state index in [2.05, 4.69) is 21.8 Å². The molecule has 0 unspecified atom stereocenters. The molecule has 0 aliphatic rings. The fraction of sp³-hybridized carbons (Fsp3) is 0. The first-order chi connectivity index (χ1) is 5.66. The predicted molar refractivity (Wildman–Crippen MR) is 43.3 cm³/mol. The Bertz CT molecular complexity index is 305. The second-order valence-corrected chi connectivity index (χ2v) is 1.95. The van der Waals surface area contributed by atoms with Crippen LogP contribution in [0.25, 0.3) is 0 Å². The van der Waals surface area contributed by atoms with Gasteiger partial charge < -0.3 is 10.7 Å². The van der Waals surface area contributed by atoms with E-state index in [4.69, 9.17) is 11.6 Å². The Morgan fingerprint density at radius 2 is 2.50 bits per heavy atom. The Labute approximate surface area is 68.0 Å². The maximum Gasteiger partial charge on any atom is 0.271 e. The summed E-state index contributed by atoms with van der Waals surface area (Å²) in [4.78, 5) is 16.9. The third kappa shape index (κ3) is 1.25. The number of carbonyl (C=O) groups excluding carboxylic acids is 1. The fourth-order valence-electron chi connectivity index (χ4n) is 0.713. The number of amides is 1. The average molecular weight is 168 g/mol. The van der Waals surface area contributed by atoms with Crippen LogP contribution in [0.1, 0.15) is 10.5 Å². The molecule has 1 aromatic rings. The minimum absolute atomic E-state index is 0.0323. The molecule has 12 heavy (non-hydrogen) atoms. The van der Waals surface area contributed by atoms with Gasteiger partial charge in [0.05, 0.1) is 6.33 Å². The number of H-pyrrole nitrogens is 1. The summed E-state index contributed by atoms with van der Waals surface area (Å²) in [5, 5.41) is 4.24. The summed E-state index contributed by atoms with van der Waals surface area (Å²) in [6, 6.07) is 0. The monoisotopic (exact) mass is 168 g/mol. The molecule has 7 nitrogen and oxygen atoms in total. The number of anilines is 1. The maximum absolute atomic E-state index is 10.7. The van der Waals surface area contributed by atoms with Crippen molar-refractivity contribution >= 4 is 18.4 Å². The Hall–Kier alpha value is -1.89. The molecule has 0 bridgehead atoms. The number of hydrazone groups is 1. The highest BCUT2D eigenvalue weighted by molar-refractivity contribution is 5.95. The lowest BCUT2D eigenvalue weighted by atomic mass is 10.4. The molecule has 5 N–H and O–H groups in total. The van der Waals surface area contributed by atoms with Gasteiger partial charge in [-0.25, -0.2) is 10.8 Å². The van der Waals surface area contributed by atoms with Gasteiger partial charge in [0, 0.05) is 6.72 Å². The number of nitrogens with zero attached hydrogens (tertiary/aromatic N) is 3. The van der Waals surface area contributed by atoms with Crippen molar-refractivity contribution in [1.82, 2.24) is 9.97 Å². The lowest BCUT2D eigenvalue weighted by Crippen LogP contribution is -2.27. The van der Waals surface area contributed by atoms with Gasteiger partial charge in [0.15, 0.2) is 11.5 Å². The number of nitrogens with two attached hydrogens (primary N) is 2. The number of imidazole rings is 1. The molecule has 0 fully saturated rings. The molecule has 0 saturated heterocycles. The molecule has 7 heteroatoms.